The van der Waals surface area contributed by atoms with E-state index in [1.54, 1.807) is 12.1 Å². The summed E-state index contributed by atoms with van der Waals surface area (Å²) in [5, 5.41) is 12.0. The van der Waals surface area contributed by atoms with Crippen LogP contribution < -0.4 is 9.50 Å². The maximum absolute atomic E-state index is 13.2. The number of hydrogen-bond acceptors (Lipinski definition) is 7. The standard InChI is InChI=1S/C20H20N2O8S2/c1-12-20(32(28,29)30-15-8-6-14(7-9-15)11-31(26)27)19-16(21-13(2)23)4-3-5-17(19)22(12)10-18(24)25/h3-9H,10-11H2,1-2H3,(H,21,23)(H,24,25)(H,26,27)/p-1. The van der Waals surface area contributed by atoms with E-state index in [0.717, 1.165) is 0 Å². The lowest BCUT2D eigenvalue weighted by Crippen LogP contribution is -2.14. The van der Waals surface area contributed by atoms with Crippen molar-refractivity contribution >= 4 is 49.7 Å². The van der Waals surface area contributed by atoms with Crippen molar-refractivity contribution in [3.8, 4) is 5.75 Å². The van der Waals surface area contributed by atoms with Crippen LogP contribution in [0, 0.1) is 6.92 Å². The number of benzene rings is 2. The van der Waals surface area contributed by atoms with Gasteiger partial charge in [0.1, 0.15) is 17.2 Å². The predicted octanol–water partition coefficient (Wildman–Crippen LogP) is 2.14. The summed E-state index contributed by atoms with van der Waals surface area (Å²) in [5.41, 5.74) is 1.06. The van der Waals surface area contributed by atoms with Gasteiger partial charge >= 0.3 is 16.1 Å². The minimum absolute atomic E-state index is 0.0547. The van der Waals surface area contributed by atoms with Crippen LogP contribution in [0.15, 0.2) is 47.4 Å². The highest BCUT2D eigenvalue weighted by atomic mass is 32.2. The molecule has 1 heterocycles. The molecule has 0 fully saturated rings. The second-order valence-corrected chi connectivity index (χ2v) is 9.28. The van der Waals surface area contributed by atoms with E-state index in [1.807, 2.05) is 0 Å². The number of carboxylic acid groups (broad SMARTS) is 1. The summed E-state index contributed by atoms with van der Waals surface area (Å²) in [6, 6.07) is 10.1. The van der Waals surface area contributed by atoms with Crippen molar-refractivity contribution in [2.75, 3.05) is 5.32 Å². The van der Waals surface area contributed by atoms with Crippen LogP contribution in [0.1, 0.15) is 18.2 Å². The van der Waals surface area contributed by atoms with Gasteiger partial charge in [0, 0.05) is 23.8 Å². The summed E-state index contributed by atoms with van der Waals surface area (Å²) in [6.45, 7) is 2.22. The van der Waals surface area contributed by atoms with Gasteiger partial charge in [0.05, 0.1) is 11.2 Å². The maximum Gasteiger partial charge on any atom is 0.341 e. The maximum atomic E-state index is 13.2. The Hall–Kier alpha value is -3.22. The zero-order valence-electron chi connectivity index (χ0n) is 17.0. The largest absolute Gasteiger partial charge is 0.772 e. The molecule has 12 heteroatoms. The number of carboxylic acids is 1. The Morgan fingerprint density at radius 2 is 1.84 bits per heavy atom. The summed E-state index contributed by atoms with van der Waals surface area (Å²) in [6.07, 6.45) is 0. The number of amides is 1. The van der Waals surface area contributed by atoms with Gasteiger partial charge in [-0.3, -0.25) is 13.8 Å². The number of anilines is 1. The molecule has 3 rings (SSSR count). The summed E-state index contributed by atoms with van der Waals surface area (Å²) >= 11 is -2.30. The number of rotatable bonds is 8. The van der Waals surface area contributed by atoms with Crippen molar-refractivity contribution in [2.45, 2.75) is 31.0 Å². The molecule has 0 saturated carbocycles. The van der Waals surface area contributed by atoms with Gasteiger partial charge in [-0.05, 0) is 36.8 Å². The van der Waals surface area contributed by atoms with Crippen LogP contribution in [0.4, 0.5) is 5.69 Å². The lowest BCUT2D eigenvalue weighted by molar-refractivity contribution is -0.137. The van der Waals surface area contributed by atoms with Gasteiger partial charge in [-0.25, -0.2) is 0 Å². The van der Waals surface area contributed by atoms with Gasteiger partial charge < -0.3 is 23.7 Å². The number of aliphatic carboxylic acids is 1. The van der Waals surface area contributed by atoms with E-state index in [4.69, 9.17) is 4.18 Å². The van der Waals surface area contributed by atoms with Crippen molar-refractivity contribution in [1.82, 2.24) is 4.57 Å². The van der Waals surface area contributed by atoms with Crippen molar-refractivity contribution in [3.63, 3.8) is 0 Å². The smallest absolute Gasteiger partial charge is 0.341 e. The van der Waals surface area contributed by atoms with Gasteiger partial charge in [-0.1, -0.05) is 29.3 Å². The van der Waals surface area contributed by atoms with E-state index in [-0.39, 0.29) is 33.2 Å². The first-order chi connectivity index (χ1) is 15.0. The van der Waals surface area contributed by atoms with Crippen LogP contribution in [0.5, 0.6) is 5.75 Å². The normalized spacial score (nSPS) is 12.5. The van der Waals surface area contributed by atoms with Crippen LogP contribution in [0.25, 0.3) is 10.9 Å². The Morgan fingerprint density at radius 1 is 1.19 bits per heavy atom. The second kappa shape index (κ2) is 9.10. The third-order valence-corrected chi connectivity index (χ3v) is 6.54. The fourth-order valence-electron chi connectivity index (χ4n) is 3.37. The lowest BCUT2D eigenvalue weighted by atomic mass is 10.2. The van der Waals surface area contributed by atoms with Crippen LogP contribution in [0.3, 0.4) is 0 Å². The highest BCUT2D eigenvalue weighted by Crippen LogP contribution is 2.36. The predicted molar refractivity (Wildman–Crippen MR) is 115 cm³/mol. The quantitative estimate of drug-likeness (QED) is 0.368. The van der Waals surface area contributed by atoms with Crippen LogP contribution in [-0.2, 0) is 43.1 Å². The van der Waals surface area contributed by atoms with E-state index in [0.29, 0.717) is 11.1 Å². The molecular formula is C20H19N2O8S2-. The topological polar surface area (TPSA) is 155 Å². The minimum Gasteiger partial charge on any atom is -0.772 e. The number of hydrogen-bond donors (Lipinski definition) is 2. The average molecular weight is 480 g/mol. The molecule has 1 amide bonds. The van der Waals surface area contributed by atoms with Crippen molar-refractivity contribution in [2.24, 2.45) is 0 Å². The number of aromatic nitrogens is 1. The molecule has 3 aromatic rings. The third kappa shape index (κ3) is 4.98. The zero-order chi connectivity index (χ0) is 23.6. The number of nitrogens with one attached hydrogen (secondary N) is 1. The number of carbonyl (C=O) groups is 2. The van der Waals surface area contributed by atoms with E-state index in [1.165, 1.54) is 48.7 Å². The molecule has 10 nitrogen and oxygen atoms in total. The molecule has 170 valence electrons. The Labute approximate surface area is 186 Å². The molecular weight excluding hydrogens is 460 g/mol. The lowest BCUT2D eigenvalue weighted by Gasteiger charge is -2.11. The Balaban J connectivity index is 2.15. The highest BCUT2D eigenvalue weighted by molar-refractivity contribution is 7.87. The van der Waals surface area contributed by atoms with Crippen molar-refractivity contribution in [3.05, 3.63) is 53.7 Å². The summed E-state index contributed by atoms with van der Waals surface area (Å²) in [4.78, 5) is 22.7. The Bertz CT molecular complexity index is 1330. The van der Waals surface area contributed by atoms with Crippen LogP contribution >= 0.6 is 0 Å². The summed E-state index contributed by atoms with van der Waals surface area (Å²) in [7, 11) is -4.47. The van der Waals surface area contributed by atoms with Crippen molar-refractivity contribution < 1.29 is 36.1 Å². The molecule has 0 aliphatic carbocycles. The SMILES string of the molecule is CC(=O)Nc1cccc2c1c(S(=O)(=O)Oc1ccc(CS(=O)[O-])cc1)c(C)n2CC(=O)O. The van der Waals surface area contributed by atoms with Crippen LogP contribution in [-0.4, -0.2) is 38.7 Å². The zero-order valence-corrected chi connectivity index (χ0v) is 18.7. The second-order valence-electron chi connectivity index (χ2n) is 6.90. The van der Waals surface area contributed by atoms with Gasteiger partial charge in [-0.15, -0.1) is 0 Å². The fourth-order valence-corrected chi connectivity index (χ4v) is 5.22. The molecule has 0 radical (unpaired) electrons. The molecule has 0 saturated heterocycles. The van der Waals surface area contributed by atoms with E-state index in [9.17, 15) is 31.9 Å². The summed E-state index contributed by atoms with van der Waals surface area (Å²) in [5.74, 6) is -1.89. The molecule has 0 aliphatic rings. The first kappa shape index (κ1) is 23.4. The Kier molecular flexibility index (Phi) is 6.67. The van der Waals surface area contributed by atoms with E-state index in [2.05, 4.69) is 5.32 Å². The fraction of sp³-hybridized carbons (Fsp3) is 0.200. The molecule has 2 aromatic carbocycles. The molecule has 1 unspecified atom stereocenters. The van der Waals surface area contributed by atoms with E-state index < -0.39 is 39.6 Å². The number of carbonyl (C=O) groups excluding carboxylic acids is 1. The molecule has 2 N–H and O–H groups in total. The first-order valence-corrected chi connectivity index (χ1v) is 11.9. The molecule has 0 bridgehead atoms. The number of fused-ring (bicyclic) bond motifs is 1. The van der Waals surface area contributed by atoms with Crippen LogP contribution in [0.2, 0.25) is 0 Å². The minimum atomic E-state index is -4.47. The van der Waals surface area contributed by atoms with Gasteiger partial charge in [0.15, 0.2) is 0 Å². The molecule has 0 spiro atoms. The van der Waals surface area contributed by atoms with Gasteiger partial charge in [-0.2, -0.15) is 8.42 Å². The molecule has 1 aromatic heterocycles. The molecule has 1 atom stereocenters. The van der Waals surface area contributed by atoms with Gasteiger partial charge in [0.25, 0.3) is 0 Å². The molecule has 0 aliphatic heterocycles. The number of nitrogens with zero attached hydrogens (tertiary/aromatic N) is 1. The first-order valence-electron chi connectivity index (χ1n) is 9.20. The highest BCUT2D eigenvalue weighted by Gasteiger charge is 2.29. The Morgan fingerprint density at radius 3 is 2.41 bits per heavy atom. The monoisotopic (exact) mass is 479 g/mol. The van der Waals surface area contributed by atoms with E-state index >= 15 is 0 Å². The average Bonchev–Trinajstić information content (AvgIpc) is 2.95. The molecule has 32 heavy (non-hydrogen) atoms. The third-order valence-electron chi connectivity index (χ3n) is 4.56. The van der Waals surface area contributed by atoms with Crippen molar-refractivity contribution in [1.29, 1.82) is 0 Å². The summed E-state index contributed by atoms with van der Waals surface area (Å²) < 4.78 is 54.7. The van der Waals surface area contributed by atoms with Gasteiger partial charge in [0.2, 0.25) is 5.91 Å².